The van der Waals surface area contributed by atoms with E-state index < -0.39 is 0 Å². The molecule has 1 nitrogen and oxygen atoms in total. The Bertz CT molecular complexity index is 1170. The Morgan fingerprint density at radius 1 is 0.875 bits per heavy atom. The number of hydrogen-bond donors (Lipinski definition) is 0. The third-order valence-corrected chi connectivity index (χ3v) is 7.23. The van der Waals surface area contributed by atoms with Crippen molar-refractivity contribution in [2.75, 3.05) is 13.2 Å². The Balaban J connectivity index is 0.000000314. The Morgan fingerprint density at radius 3 is 2.50 bits per heavy atom. The molecule has 3 aliphatic carbocycles. The van der Waals surface area contributed by atoms with Crippen LogP contribution < -0.4 is 10.4 Å². The molecule has 1 heterocycles. The van der Waals surface area contributed by atoms with E-state index in [9.17, 15) is 0 Å². The molecule has 32 heavy (non-hydrogen) atoms. The molecule has 0 radical (unpaired) electrons. The van der Waals surface area contributed by atoms with Gasteiger partial charge < -0.3 is 4.74 Å². The molecule has 1 unspecified atom stereocenters. The molecule has 0 amide bonds. The Hall–Kier alpha value is -2.35. The van der Waals surface area contributed by atoms with Crippen molar-refractivity contribution in [1.82, 2.24) is 0 Å². The molecule has 0 fully saturated rings. The van der Waals surface area contributed by atoms with Crippen LogP contribution in [0.5, 0.6) is 0 Å². The highest BCUT2D eigenvalue weighted by molar-refractivity contribution is 6.30. The summed E-state index contributed by atoms with van der Waals surface area (Å²) in [5, 5.41) is 3.70. The molecular formula is C30H31ClO. The normalized spacial score (nSPS) is 21.3. The van der Waals surface area contributed by atoms with Gasteiger partial charge in [0, 0.05) is 5.02 Å². The quantitative estimate of drug-likeness (QED) is 0.495. The van der Waals surface area contributed by atoms with Crippen molar-refractivity contribution in [2.24, 2.45) is 5.92 Å². The molecule has 164 valence electrons. The molecule has 2 aromatic rings. The molecule has 0 N–H and O–H groups in total. The van der Waals surface area contributed by atoms with Crippen LogP contribution >= 0.6 is 11.6 Å². The first-order valence-electron chi connectivity index (χ1n) is 12.0. The van der Waals surface area contributed by atoms with Crippen LogP contribution in [-0.2, 0) is 11.2 Å². The van der Waals surface area contributed by atoms with Crippen molar-refractivity contribution < 1.29 is 4.74 Å². The summed E-state index contributed by atoms with van der Waals surface area (Å²) in [5.74, 6) is 0.594. The van der Waals surface area contributed by atoms with E-state index in [0.717, 1.165) is 43.9 Å². The van der Waals surface area contributed by atoms with Gasteiger partial charge in [0.25, 0.3) is 0 Å². The molecule has 0 spiro atoms. The van der Waals surface area contributed by atoms with Crippen molar-refractivity contribution in [3.63, 3.8) is 0 Å². The first-order chi connectivity index (χ1) is 15.8. The van der Waals surface area contributed by atoms with E-state index in [4.69, 9.17) is 16.3 Å². The van der Waals surface area contributed by atoms with Crippen molar-refractivity contribution in [1.29, 1.82) is 0 Å². The van der Waals surface area contributed by atoms with Crippen molar-refractivity contribution >= 4 is 23.3 Å². The molecule has 0 saturated heterocycles. The average molecular weight is 443 g/mol. The average Bonchev–Trinajstić information content (AvgIpc) is 2.87. The third kappa shape index (κ3) is 4.70. The van der Waals surface area contributed by atoms with E-state index in [1.54, 1.807) is 22.3 Å². The maximum Gasteiger partial charge on any atom is 0.0647 e. The second-order valence-electron chi connectivity index (χ2n) is 9.05. The van der Waals surface area contributed by atoms with Crippen LogP contribution in [0, 0.1) is 5.92 Å². The molecule has 1 atom stereocenters. The van der Waals surface area contributed by atoms with Crippen LogP contribution in [0.1, 0.15) is 44.1 Å². The van der Waals surface area contributed by atoms with Gasteiger partial charge in [-0.05, 0) is 101 Å². The lowest BCUT2D eigenvalue weighted by molar-refractivity contribution is 0.158. The van der Waals surface area contributed by atoms with Gasteiger partial charge in [0.05, 0.1) is 13.2 Å². The van der Waals surface area contributed by atoms with Crippen molar-refractivity contribution in [3.8, 4) is 0 Å². The Morgan fingerprint density at radius 2 is 1.75 bits per heavy atom. The third-order valence-electron chi connectivity index (χ3n) is 6.98. The fraction of sp³-hybridized carbons (Fsp3) is 0.333. The Labute approximate surface area is 196 Å². The first kappa shape index (κ1) is 21.5. The van der Waals surface area contributed by atoms with Gasteiger partial charge in [-0.25, -0.2) is 0 Å². The van der Waals surface area contributed by atoms with Crippen LogP contribution in [0.3, 0.4) is 0 Å². The lowest BCUT2D eigenvalue weighted by Gasteiger charge is -2.36. The number of benzene rings is 2. The Kier molecular flexibility index (Phi) is 6.76. The summed E-state index contributed by atoms with van der Waals surface area (Å²) in [4.78, 5) is 0. The fourth-order valence-electron chi connectivity index (χ4n) is 5.46. The van der Waals surface area contributed by atoms with Crippen LogP contribution in [0.15, 0.2) is 83.5 Å². The van der Waals surface area contributed by atoms with Gasteiger partial charge in [-0.15, -0.1) is 0 Å². The van der Waals surface area contributed by atoms with E-state index in [1.165, 1.54) is 35.3 Å². The molecule has 2 aromatic carbocycles. The molecule has 0 bridgehead atoms. The largest absolute Gasteiger partial charge is 0.377 e. The zero-order valence-corrected chi connectivity index (χ0v) is 19.4. The highest BCUT2D eigenvalue weighted by Crippen LogP contribution is 2.45. The summed E-state index contributed by atoms with van der Waals surface area (Å²) in [6, 6.07) is 17.4. The molecular weight excluding hydrogens is 412 g/mol. The zero-order valence-electron chi connectivity index (χ0n) is 18.7. The minimum Gasteiger partial charge on any atom is -0.377 e. The number of rotatable bonds is 2. The van der Waals surface area contributed by atoms with Crippen LogP contribution in [0.2, 0.25) is 5.02 Å². The first-order valence-corrected chi connectivity index (χ1v) is 12.4. The molecule has 4 aliphatic rings. The van der Waals surface area contributed by atoms with E-state index in [2.05, 4.69) is 54.6 Å². The van der Waals surface area contributed by atoms with E-state index in [0.29, 0.717) is 5.92 Å². The topological polar surface area (TPSA) is 9.23 Å². The van der Waals surface area contributed by atoms with Gasteiger partial charge in [-0.1, -0.05) is 72.3 Å². The standard InChI is InChI=1S/C25H23Cl.C5H8O/c26-20-12-9-17(10-13-20)15-19-16-25-21-6-2-1-5-18(21)11-14-24(25)23-8-4-3-7-22(19)23;1-2-4-6-5-3-1/h1-2,5-7,9-13,19H,3-4,8,14-16H2;1-2H,3-5H2. The number of hydrogen-bond acceptors (Lipinski definition) is 1. The molecule has 2 heteroatoms. The lowest BCUT2D eigenvalue weighted by Crippen LogP contribution is -2.33. The number of halogens is 1. The smallest absolute Gasteiger partial charge is 0.0647 e. The molecule has 0 saturated carbocycles. The fourth-order valence-corrected chi connectivity index (χ4v) is 5.59. The summed E-state index contributed by atoms with van der Waals surface area (Å²) < 4.78 is 4.98. The summed E-state index contributed by atoms with van der Waals surface area (Å²) in [7, 11) is 0. The maximum absolute atomic E-state index is 6.09. The zero-order chi connectivity index (χ0) is 21.8. The summed E-state index contributed by atoms with van der Waals surface area (Å²) in [6.07, 6.45) is 17.4. The molecule has 1 aliphatic heterocycles. The van der Waals surface area contributed by atoms with Gasteiger partial charge in [-0.2, -0.15) is 0 Å². The molecule has 6 rings (SSSR count). The highest BCUT2D eigenvalue weighted by Gasteiger charge is 2.31. The SMILES string of the molecule is C1=CCOCC1.Clc1ccc(CC2CC3=c4ccccc4=CCC3=C3CCCC=C32)cc1. The van der Waals surface area contributed by atoms with Crippen LogP contribution in [0.4, 0.5) is 0 Å². The summed E-state index contributed by atoms with van der Waals surface area (Å²) >= 11 is 6.09. The molecule has 0 aromatic heterocycles. The van der Waals surface area contributed by atoms with Gasteiger partial charge in [0.15, 0.2) is 0 Å². The van der Waals surface area contributed by atoms with Gasteiger partial charge in [0.1, 0.15) is 0 Å². The predicted octanol–water partition coefficient (Wildman–Crippen LogP) is 6.31. The van der Waals surface area contributed by atoms with Gasteiger partial charge >= 0.3 is 0 Å². The highest BCUT2D eigenvalue weighted by atomic mass is 35.5. The summed E-state index contributed by atoms with van der Waals surface area (Å²) in [5.41, 5.74) is 7.92. The monoisotopic (exact) mass is 442 g/mol. The van der Waals surface area contributed by atoms with E-state index in [1.807, 2.05) is 18.2 Å². The predicted molar refractivity (Wildman–Crippen MR) is 135 cm³/mol. The van der Waals surface area contributed by atoms with Crippen molar-refractivity contribution in [2.45, 2.75) is 44.9 Å². The maximum atomic E-state index is 6.09. The van der Waals surface area contributed by atoms with Crippen molar-refractivity contribution in [3.05, 3.63) is 105 Å². The second kappa shape index (κ2) is 10.1. The van der Waals surface area contributed by atoms with E-state index >= 15 is 0 Å². The van der Waals surface area contributed by atoms with Crippen LogP contribution in [-0.4, -0.2) is 13.2 Å². The minimum absolute atomic E-state index is 0.594. The summed E-state index contributed by atoms with van der Waals surface area (Å²) in [6.45, 7) is 1.73. The van der Waals surface area contributed by atoms with Crippen LogP contribution in [0.25, 0.3) is 11.6 Å². The van der Waals surface area contributed by atoms with Gasteiger partial charge in [-0.3, -0.25) is 0 Å². The van der Waals surface area contributed by atoms with Gasteiger partial charge in [0.2, 0.25) is 0 Å². The number of allylic oxidation sites excluding steroid dienone is 4. The lowest BCUT2D eigenvalue weighted by atomic mass is 9.69. The second-order valence-corrected chi connectivity index (χ2v) is 9.49. The van der Waals surface area contributed by atoms with E-state index in [-0.39, 0.29) is 0 Å². The number of fused-ring (bicyclic) bond motifs is 3. The number of ether oxygens (including phenoxy) is 1. The minimum atomic E-state index is 0.594.